The number of nitro groups is 1. The molecule has 0 heterocycles. The number of thiocarbonyl (C=S) groups is 1. The van der Waals surface area contributed by atoms with E-state index in [1.807, 2.05) is 13.8 Å². The predicted molar refractivity (Wildman–Crippen MR) is 72.3 cm³/mol. The van der Waals surface area contributed by atoms with Crippen LogP contribution in [0.3, 0.4) is 0 Å². The molecule has 0 spiro atoms. The van der Waals surface area contributed by atoms with Gasteiger partial charge in [0, 0.05) is 17.8 Å². The normalized spacial score (nSPS) is 10.1. The summed E-state index contributed by atoms with van der Waals surface area (Å²) in [6, 6.07) is 5.08. The Hall–Kier alpha value is -1.69. The average Bonchev–Trinajstić information content (AvgIpc) is 2.19. The van der Waals surface area contributed by atoms with E-state index in [1.165, 1.54) is 6.07 Å². The highest BCUT2D eigenvalue weighted by atomic mass is 32.1. The van der Waals surface area contributed by atoms with Crippen LogP contribution in [-0.4, -0.2) is 16.1 Å². The summed E-state index contributed by atoms with van der Waals surface area (Å²) in [5.41, 5.74) is 1.31. The van der Waals surface area contributed by atoms with Gasteiger partial charge in [0.1, 0.15) is 0 Å². The maximum absolute atomic E-state index is 10.8. The lowest BCUT2D eigenvalue weighted by Gasteiger charge is -2.14. The van der Waals surface area contributed by atoms with Crippen molar-refractivity contribution in [1.82, 2.24) is 5.32 Å². The minimum absolute atomic E-state index is 0.0855. The summed E-state index contributed by atoms with van der Waals surface area (Å²) in [7, 11) is 0. The van der Waals surface area contributed by atoms with Gasteiger partial charge in [0.25, 0.3) is 5.69 Å². The van der Waals surface area contributed by atoms with Gasteiger partial charge in [-0.15, -0.1) is 0 Å². The Morgan fingerprint density at radius 1 is 1.47 bits per heavy atom. The molecule has 0 bridgehead atoms. The molecule has 1 rings (SSSR count). The summed E-state index contributed by atoms with van der Waals surface area (Å²) >= 11 is 5.09. The van der Waals surface area contributed by atoms with E-state index in [-0.39, 0.29) is 11.7 Å². The molecule has 0 aliphatic heterocycles. The summed E-state index contributed by atoms with van der Waals surface area (Å²) < 4.78 is 0. The van der Waals surface area contributed by atoms with Crippen LogP contribution in [0.2, 0.25) is 0 Å². The standard InChI is InChI=1S/C11H15N3O2S/c1-7(2)12-11(17)13-9-5-4-6-10(8(9)3)14(15)16/h4-7H,1-3H3,(H2,12,13,17). The van der Waals surface area contributed by atoms with Gasteiger partial charge in [-0.25, -0.2) is 0 Å². The summed E-state index contributed by atoms with van der Waals surface area (Å²) in [6.07, 6.45) is 0. The molecule has 92 valence electrons. The Labute approximate surface area is 105 Å². The van der Waals surface area contributed by atoms with E-state index in [1.54, 1.807) is 19.1 Å². The molecule has 17 heavy (non-hydrogen) atoms. The summed E-state index contributed by atoms with van der Waals surface area (Å²) in [6.45, 7) is 5.63. The molecule has 0 unspecified atom stereocenters. The van der Waals surface area contributed by atoms with Crippen molar-refractivity contribution in [3.05, 3.63) is 33.9 Å². The monoisotopic (exact) mass is 253 g/mol. The lowest BCUT2D eigenvalue weighted by atomic mass is 10.1. The fraction of sp³-hybridized carbons (Fsp3) is 0.364. The number of hydrogen-bond acceptors (Lipinski definition) is 3. The number of anilines is 1. The van der Waals surface area contributed by atoms with E-state index >= 15 is 0 Å². The summed E-state index contributed by atoms with van der Waals surface area (Å²) in [4.78, 5) is 10.4. The highest BCUT2D eigenvalue weighted by molar-refractivity contribution is 7.80. The minimum Gasteiger partial charge on any atom is -0.360 e. The molecule has 0 saturated carbocycles. The van der Waals surface area contributed by atoms with E-state index in [0.29, 0.717) is 16.4 Å². The van der Waals surface area contributed by atoms with E-state index < -0.39 is 4.92 Å². The van der Waals surface area contributed by atoms with Crippen LogP contribution in [0, 0.1) is 17.0 Å². The minimum atomic E-state index is -0.403. The first-order chi connectivity index (χ1) is 7.91. The molecule has 5 nitrogen and oxygen atoms in total. The first-order valence-corrected chi connectivity index (χ1v) is 5.64. The zero-order valence-electron chi connectivity index (χ0n) is 9.98. The van der Waals surface area contributed by atoms with Crippen LogP contribution >= 0.6 is 12.2 Å². The van der Waals surface area contributed by atoms with Crippen molar-refractivity contribution in [3.8, 4) is 0 Å². The maximum atomic E-state index is 10.8. The smallest absolute Gasteiger partial charge is 0.274 e. The maximum Gasteiger partial charge on any atom is 0.274 e. The molecule has 0 saturated heterocycles. The van der Waals surface area contributed by atoms with Gasteiger partial charge in [0.15, 0.2) is 5.11 Å². The summed E-state index contributed by atoms with van der Waals surface area (Å²) in [5, 5.41) is 17.2. The van der Waals surface area contributed by atoms with Gasteiger partial charge in [-0.1, -0.05) is 6.07 Å². The molecule has 0 aromatic heterocycles. The first kappa shape index (κ1) is 13.4. The Balaban J connectivity index is 2.89. The molecule has 0 atom stereocenters. The largest absolute Gasteiger partial charge is 0.360 e. The van der Waals surface area contributed by atoms with E-state index in [0.717, 1.165) is 0 Å². The number of nitrogens with zero attached hydrogens (tertiary/aromatic N) is 1. The van der Waals surface area contributed by atoms with Gasteiger partial charge < -0.3 is 10.6 Å². The van der Waals surface area contributed by atoms with Crippen LogP contribution in [0.4, 0.5) is 11.4 Å². The lowest BCUT2D eigenvalue weighted by molar-refractivity contribution is -0.385. The zero-order chi connectivity index (χ0) is 13.0. The Morgan fingerprint density at radius 3 is 2.65 bits per heavy atom. The molecule has 0 aliphatic carbocycles. The van der Waals surface area contributed by atoms with Crippen molar-refractivity contribution in [2.75, 3.05) is 5.32 Å². The molecular formula is C11H15N3O2S. The third-order valence-corrected chi connectivity index (χ3v) is 2.39. The molecule has 6 heteroatoms. The van der Waals surface area contributed by atoms with Crippen molar-refractivity contribution in [2.24, 2.45) is 0 Å². The van der Waals surface area contributed by atoms with Crippen molar-refractivity contribution in [2.45, 2.75) is 26.8 Å². The van der Waals surface area contributed by atoms with Crippen LogP contribution in [-0.2, 0) is 0 Å². The van der Waals surface area contributed by atoms with Gasteiger partial charge in [0.2, 0.25) is 0 Å². The zero-order valence-corrected chi connectivity index (χ0v) is 10.8. The van der Waals surface area contributed by atoms with E-state index in [4.69, 9.17) is 12.2 Å². The van der Waals surface area contributed by atoms with Gasteiger partial charge in [-0.05, 0) is 39.1 Å². The Morgan fingerprint density at radius 2 is 2.12 bits per heavy atom. The molecule has 1 aromatic carbocycles. The fourth-order valence-electron chi connectivity index (χ4n) is 1.38. The van der Waals surface area contributed by atoms with Crippen molar-refractivity contribution < 1.29 is 4.92 Å². The molecule has 1 aromatic rings. The van der Waals surface area contributed by atoms with Crippen LogP contribution in [0.25, 0.3) is 0 Å². The number of benzene rings is 1. The van der Waals surface area contributed by atoms with Gasteiger partial charge in [0.05, 0.1) is 10.5 Å². The number of nitrogens with one attached hydrogen (secondary N) is 2. The molecule has 2 N–H and O–H groups in total. The van der Waals surface area contributed by atoms with Crippen molar-refractivity contribution in [3.63, 3.8) is 0 Å². The van der Waals surface area contributed by atoms with Crippen LogP contribution in [0.1, 0.15) is 19.4 Å². The Bertz CT molecular complexity index is 446. The van der Waals surface area contributed by atoms with E-state index in [2.05, 4.69) is 10.6 Å². The van der Waals surface area contributed by atoms with Crippen molar-refractivity contribution >= 4 is 28.7 Å². The molecular weight excluding hydrogens is 238 g/mol. The summed E-state index contributed by atoms with van der Waals surface area (Å²) in [5.74, 6) is 0. The van der Waals surface area contributed by atoms with Crippen LogP contribution < -0.4 is 10.6 Å². The number of nitro benzene ring substituents is 1. The fourth-order valence-corrected chi connectivity index (χ4v) is 1.72. The number of hydrogen-bond donors (Lipinski definition) is 2. The van der Waals surface area contributed by atoms with E-state index in [9.17, 15) is 10.1 Å². The van der Waals surface area contributed by atoms with Crippen molar-refractivity contribution in [1.29, 1.82) is 0 Å². The molecule has 0 aliphatic rings. The topological polar surface area (TPSA) is 67.2 Å². The second-order valence-electron chi connectivity index (χ2n) is 3.96. The SMILES string of the molecule is Cc1c(NC(=S)NC(C)C)cccc1[N+](=O)[O-]. The first-order valence-electron chi connectivity index (χ1n) is 5.23. The molecule has 0 fully saturated rings. The third kappa shape index (κ3) is 3.67. The highest BCUT2D eigenvalue weighted by Crippen LogP contribution is 2.24. The Kier molecular flexibility index (Phi) is 4.39. The highest BCUT2D eigenvalue weighted by Gasteiger charge is 2.13. The molecule has 0 radical (unpaired) electrons. The third-order valence-electron chi connectivity index (χ3n) is 2.17. The number of rotatable bonds is 3. The molecule has 0 amide bonds. The lowest BCUT2D eigenvalue weighted by Crippen LogP contribution is -2.34. The average molecular weight is 253 g/mol. The second kappa shape index (κ2) is 5.58. The second-order valence-corrected chi connectivity index (χ2v) is 4.37. The quantitative estimate of drug-likeness (QED) is 0.492. The van der Waals surface area contributed by atoms with Gasteiger partial charge in [-0.3, -0.25) is 10.1 Å². The van der Waals surface area contributed by atoms with Gasteiger partial charge in [-0.2, -0.15) is 0 Å². The van der Waals surface area contributed by atoms with Gasteiger partial charge >= 0.3 is 0 Å². The van der Waals surface area contributed by atoms with Crippen LogP contribution in [0.15, 0.2) is 18.2 Å². The predicted octanol–water partition coefficient (Wildman–Crippen LogP) is 2.60. The van der Waals surface area contributed by atoms with Crippen LogP contribution in [0.5, 0.6) is 0 Å².